The molecular formula is C20H24F2N2O2S. The van der Waals surface area contributed by atoms with Crippen LogP contribution in [-0.2, 0) is 0 Å². The maximum atomic E-state index is 14.4. The van der Waals surface area contributed by atoms with Gasteiger partial charge in [-0.2, -0.15) is 0 Å². The van der Waals surface area contributed by atoms with Crippen LogP contribution in [-0.4, -0.2) is 41.9 Å². The van der Waals surface area contributed by atoms with Gasteiger partial charge >= 0.3 is 0 Å². The topological polar surface area (TPSA) is 37.6 Å². The van der Waals surface area contributed by atoms with Crippen LogP contribution in [0.15, 0.2) is 39.3 Å². The second-order valence-electron chi connectivity index (χ2n) is 7.22. The quantitative estimate of drug-likeness (QED) is 0.811. The molecule has 27 heavy (non-hydrogen) atoms. The first-order valence-corrected chi connectivity index (χ1v) is 10.1. The number of piperidine rings is 1. The number of ether oxygens (including phenoxy) is 1. The molecule has 2 unspecified atom stereocenters. The van der Waals surface area contributed by atoms with Gasteiger partial charge in [0.05, 0.1) is 18.0 Å². The third kappa shape index (κ3) is 3.55. The Morgan fingerprint density at radius 3 is 2.93 bits per heavy atom. The maximum Gasteiger partial charge on any atom is 0.280 e. The minimum absolute atomic E-state index is 0.0171. The SMILES string of the molecule is CC1=C(COc2ccc3oc(C)cc3c2)SC(C)N1C1CCNCC1(F)F. The Labute approximate surface area is 161 Å². The maximum absolute atomic E-state index is 14.4. The molecule has 1 N–H and O–H groups in total. The average molecular weight is 394 g/mol. The second kappa shape index (κ2) is 7.02. The number of hydrogen-bond donors (Lipinski definition) is 1. The van der Waals surface area contributed by atoms with Gasteiger partial charge in [-0.25, -0.2) is 8.78 Å². The lowest BCUT2D eigenvalue weighted by atomic mass is 10.00. The van der Waals surface area contributed by atoms with Crippen molar-refractivity contribution in [2.75, 3.05) is 19.7 Å². The van der Waals surface area contributed by atoms with Gasteiger partial charge in [-0.3, -0.25) is 0 Å². The van der Waals surface area contributed by atoms with Crippen molar-refractivity contribution in [1.29, 1.82) is 0 Å². The van der Waals surface area contributed by atoms with Crippen molar-refractivity contribution in [1.82, 2.24) is 10.2 Å². The van der Waals surface area contributed by atoms with Crippen LogP contribution in [0.5, 0.6) is 5.75 Å². The van der Waals surface area contributed by atoms with Gasteiger partial charge in [-0.15, -0.1) is 11.8 Å². The van der Waals surface area contributed by atoms with Crippen molar-refractivity contribution in [3.8, 4) is 5.75 Å². The minimum Gasteiger partial charge on any atom is -0.488 e. The minimum atomic E-state index is -2.73. The lowest BCUT2D eigenvalue weighted by molar-refractivity contribution is -0.0874. The van der Waals surface area contributed by atoms with Crippen LogP contribution in [0.1, 0.15) is 26.0 Å². The van der Waals surface area contributed by atoms with Crippen LogP contribution in [0.3, 0.4) is 0 Å². The highest BCUT2D eigenvalue weighted by atomic mass is 32.2. The molecule has 2 aliphatic rings. The second-order valence-corrected chi connectivity index (χ2v) is 8.63. The molecule has 1 aromatic heterocycles. The summed E-state index contributed by atoms with van der Waals surface area (Å²) in [7, 11) is 0. The molecular weight excluding hydrogens is 370 g/mol. The van der Waals surface area contributed by atoms with Crippen molar-refractivity contribution in [2.24, 2.45) is 0 Å². The summed E-state index contributed by atoms with van der Waals surface area (Å²) in [6.45, 7) is 6.58. The van der Waals surface area contributed by atoms with Crippen molar-refractivity contribution in [3.63, 3.8) is 0 Å². The summed E-state index contributed by atoms with van der Waals surface area (Å²) in [5, 5.41) is 3.78. The fraction of sp³-hybridized carbons (Fsp3) is 0.500. The molecule has 0 spiro atoms. The molecule has 1 fully saturated rings. The average Bonchev–Trinajstić information content (AvgIpc) is 3.11. The van der Waals surface area contributed by atoms with E-state index >= 15 is 0 Å². The number of halogens is 2. The first kappa shape index (κ1) is 18.6. The molecule has 4 nitrogen and oxygen atoms in total. The number of benzene rings is 1. The van der Waals surface area contributed by atoms with Crippen LogP contribution in [0, 0.1) is 6.92 Å². The van der Waals surface area contributed by atoms with E-state index in [1.165, 1.54) is 0 Å². The zero-order valence-corrected chi connectivity index (χ0v) is 16.5. The van der Waals surface area contributed by atoms with Gasteiger partial charge in [0, 0.05) is 16.0 Å². The fourth-order valence-electron chi connectivity index (χ4n) is 3.95. The van der Waals surface area contributed by atoms with Gasteiger partial charge in [0.1, 0.15) is 23.7 Å². The number of allylic oxidation sites excluding steroid dienone is 1. The zero-order valence-electron chi connectivity index (χ0n) is 15.7. The predicted octanol–water partition coefficient (Wildman–Crippen LogP) is 4.74. The van der Waals surface area contributed by atoms with Gasteiger partial charge in [0.25, 0.3) is 5.92 Å². The van der Waals surface area contributed by atoms with E-state index in [9.17, 15) is 8.78 Å². The monoisotopic (exact) mass is 394 g/mol. The Morgan fingerprint density at radius 2 is 2.15 bits per heavy atom. The van der Waals surface area contributed by atoms with E-state index < -0.39 is 12.0 Å². The molecule has 0 radical (unpaired) electrons. The Hall–Kier alpha value is -1.73. The van der Waals surface area contributed by atoms with E-state index in [0.717, 1.165) is 33.1 Å². The number of nitrogens with zero attached hydrogens (tertiary/aromatic N) is 1. The highest BCUT2D eigenvalue weighted by Gasteiger charge is 2.48. The van der Waals surface area contributed by atoms with E-state index in [-0.39, 0.29) is 11.9 Å². The molecule has 1 saturated heterocycles. The smallest absolute Gasteiger partial charge is 0.280 e. The summed E-state index contributed by atoms with van der Waals surface area (Å²) >= 11 is 1.61. The van der Waals surface area contributed by atoms with Crippen LogP contribution in [0.4, 0.5) is 8.78 Å². The molecule has 2 aromatic rings. The van der Waals surface area contributed by atoms with Crippen molar-refractivity contribution in [3.05, 3.63) is 40.6 Å². The Bertz CT molecular complexity index is 880. The normalized spacial score (nSPS) is 25.4. The number of aryl methyl sites for hydroxylation is 1. The van der Waals surface area contributed by atoms with Crippen LogP contribution < -0.4 is 10.1 Å². The van der Waals surface area contributed by atoms with Gasteiger partial charge in [0.2, 0.25) is 0 Å². The standard InChI is InChI=1S/C20H24F2N2O2S/c1-12-8-15-9-16(4-5-17(15)26-12)25-10-18-13(2)24(14(3)27-18)19-6-7-23-11-20(19,21)22/h4-5,8-9,14,19,23H,6-7,10-11H2,1-3H3. The van der Waals surface area contributed by atoms with Gasteiger partial charge in [0.15, 0.2) is 0 Å². The molecule has 0 aliphatic carbocycles. The molecule has 4 rings (SSSR count). The molecule has 7 heteroatoms. The first-order chi connectivity index (χ1) is 12.8. The van der Waals surface area contributed by atoms with E-state index in [0.29, 0.717) is 19.6 Å². The third-order valence-corrected chi connectivity index (χ3v) is 6.52. The molecule has 146 valence electrons. The van der Waals surface area contributed by atoms with Crippen LogP contribution in [0.2, 0.25) is 0 Å². The van der Waals surface area contributed by atoms with Crippen molar-refractivity contribution < 1.29 is 17.9 Å². The number of hydrogen-bond acceptors (Lipinski definition) is 5. The van der Waals surface area contributed by atoms with E-state index in [1.54, 1.807) is 11.8 Å². The first-order valence-electron chi connectivity index (χ1n) is 9.21. The summed E-state index contributed by atoms with van der Waals surface area (Å²) in [5.74, 6) is -1.11. The Kier molecular flexibility index (Phi) is 4.84. The van der Waals surface area contributed by atoms with Crippen LogP contribution >= 0.6 is 11.8 Å². The van der Waals surface area contributed by atoms with Gasteiger partial charge < -0.3 is 19.4 Å². The molecule has 0 amide bonds. The summed E-state index contributed by atoms with van der Waals surface area (Å²) in [5.41, 5.74) is 1.73. The predicted molar refractivity (Wildman–Crippen MR) is 104 cm³/mol. The van der Waals surface area contributed by atoms with Crippen LogP contribution in [0.25, 0.3) is 11.0 Å². The molecule has 0 bridgehead atoms. The third-order valence-electron chi connectivity index (χ3n) is 5.25. The van der Waals surface area contributed by atoms with Gasteiger partial charge in [-0.1, -0.05) is 0 Å². The summed E-state index contributed by atoms with van der Waals surface area (Å²) < 4.78 is 40.4. The summed E-state index contributed by atoms with van der Waals surface area (Å²) in [6.07, 6.45) is 0.444. The number of furan rings is 1. The highest BCUT2D eigenvalue weighted by molar-refractivity contribution is 8.03. The summed E-state index contributed by atoms with van der Waals surface area (Å²) in [4.78, 5) is 2.90. The number of rotatable bonds is 4. The molecule has 2 aliphatic heterocycles. The molecule has 3 heterocycles. The van der Waals surface area contributed by atoms with Gasteiger partial charge in [-0.05, 0) is 58.0 Å². The molecule has 2 atom stereocenters. The molecule has 0 saturated carbocycles. The lowest BCUT2D eigenvalue weighted by Crippen LogP contribution is -2.57. The summed E-state index contributed by atoms with van der Waals surface area (Å²) in [6, 6.07) is 6.93. The van der Waals surface area contributed by atoms with E-state index in [1.807, 2.05) is 49.9 Å². The number of alkyl halides is 2. The Balaban J connectivity index is 1.50. The number of nitrogens with one attached hydrogen (secondary N) is 1. The zero-order chi connectivity index (χ0) is 19.2. The fourth-order valence-corrected chi connectivity index (χ4v) is 5.18. The highest BCUT2D eigenvalue weighted by Crippen LogP contribution is 2.43. The lowest BCUT2D eigenvalue weighted by Gasteiger charge is -2.41. The largest absolute Gasteiger partial charge is 0.488 e. The number of fused-ring (bicyclic) bond motifs is 1. The van der Waals surface area contributed by atoms with Crippen molar-refractivity contribution in [2.45, 2.75) is 44.5 Å². The van der Waals surface area contributed by atoms with E-state index in [2.05, 4.69) is 5.32 Å². The molecule has 1 aromatic carbocycles. The number of thioether (sulfide) groups is 1. The van der Waals surface area contributed by atoms with E-state index in [4.69, 9.17) is 9.15 Å². The Morgan fingerprint density at radius 1 is 1.33 bits per heavy atom. The van der Waals surface area contributed by atoms with Crippen molar-refractivity contribution >= 4 is 22.7 Å².